The standard InChI is InChI=1S/C19H18N2O5S/c1-11(20-17(23)13-4-2-3-5-14(13)18(20)24)16(22)21-15-8-12-6-7-19(15,9-12)10-27(21,25)26/h2-5,12,15H,1,6-10H2. The molecule has 1 aromatic carbocycles. The zero-order valence-electron chi connectivity index (χ0n) is 14.6. The Balaban J connectivity index is 1.49. The molecule has 7 nitrogen and oxygen atoms in total. The Hall–Kier alpha value is -2.48. The van der Waals surface area contributed by atoms with Gasteiger partial charge in [0.05, 0.1) is 22.9 Å². The summed E-state index contributed by atoms with van der Waals surface area (Å²) in [5.74, 6) is -1.75. The van der Waals surface area contributed by atoms with Crippen LogP contribution in [-0.2, 0) is 14.8 Å². The Morgan fingerprint density at radius 2 is 1.78 bits per heavy atom. The summed E-state index contributed by atoms with van der Waals surface area (Å²) in [6, 6.07) is 5.88. The van der Waals surface area contributed by atoms with Crippen molar-refractivity contribution in [3.05, 3.63) is 47.7 Å². The quantitative estimate of drug-likeness (QED) is 0.568. The maximum absolute atomic E-state index is 13.1. The molecule has 0 aromatic heterocycles. The molecule has 8 heteroatoms. The highest BCUT2D eigenvalue weighted by Gasteiger charge is 2.64. The number of imide groups is 1. The highest BCUT2D eigenvalue weighted by Crippen LogP contribution is 2.60. The van der Waals surface area contributed by atoms with E-state index in [-0.39, 0.29) is 28.3 Å². The van der Waals surface area contributed by atoms with Crippen molar-refractivity contribution in [3.8, 4) is 0 Å². The Labute approximate surface area is 156 Å². The Morgan fingerprint density at radius 3 is 2.37 bits per heavy atom. The van der Waals surface area contributed by atoms with E-state index in [9.17, 15) is 22.8 Å². The van der Waals surface area contributed by atoms with Gasteiger partial charge in [-0.1, -0.05) is 18.7 Å². The molecular formula is C19H18N2O5S. The van der Waals surface area contributed by atoms with Gasteiger partial charge in [0, 0.05) is 5.41 Å². The number of nitrogens with zero attached hydrogens (tertiary/aromatic N) is 2. The minimum Gasteiger partial charge on any atom is -0.268 e. The smallest absolute Gasteiger partial charge is 0.268 e. The normalized spacial score (nSPS) is 32.7. The lowest BCUT2D eigenvalue weighted by molar-refractivity contribution is -0.125. The van der Waals surface area contributed by atoms with Gasteiger partial charge in [-0.05, 0) is 43.7 Å². The molecule has 1 saturated heterocycles. The van der Waals surface area contributed by atoms with Crippen molar-refractivity contribution in [2.24, 2.45) is 11.3 Å². The Bertz CT molecular complexity index is 1010. The minimum absolute atomic E-state index is 0.0394. The third kappa shape index (κ3) is 2.02. The van der Waals surface area contributed by atoms with E-state index in [4.69, 9.17) is 0 Å². The number of sulfonamides is 1. The molecule has 0 radical (unpaired) electrons. The lowest BCUT2D eigenvalue weighted by Crippen LogP contribution is -2.46. The first-order valence-electron chi connectivity index (χ1n) is 8.98. The summed E-state index contributed by atoms with van der Waals surface area (Å²) in [6.45, 7) is 3.63. The first-order chi connectivity index (χ1) is 12.8. The lowest BCUT2D eigenvalue weighted by Gasteiger charge is -2.31. The van der Waals surface area contributed by atoms with Crippen molar-refractivity contribution in [1.29, 1.82) is 0 Å². The maximum Gasteiger partial charge on any atom is 0.284 e. The number of amides is 3. The molecule has 2 aliphatic carbocycles. The second-order valence-corrected chi connectivity index (χ2v) is 9.86. The summed E-state index contributed by atoms with van der Waals surface area (Å²) in [5, 5.41) is 0. The fourth-order valence-electron chi connectivity index (χ4n) is 5.46. The van der Waals surface area contributed by atoms with Crippen LogP contribution in [0.1, 0.15) is 46.4 Å². The van der Waals surface area contributed by atoms with Gasteiger partial charge in [0.15, 0.2) is 0 Å². The van der Waals surface area contributed by atoms with Crippen LogP contribution >= 0.6 is 0 Å². The summed E-state index contributed by atoms with van der Waals surface area (Å²) in [5.41, 5.74) is -0.389. The molecule has 4 aliphatic rings. The topological polar surface area (TPSA) is 91.8 Å². The second kappa shape index (κ2) is 5.07. The highest BCUT2D eigenvalue weighted by atomic mass is 32.2. The molecule has 3 fully saturated rings. The average molecular weight is 386 g/mol. The summed E-state index contributed by atoms with van der Waals surface area (Å²) < 4.78 is 26.5. The molecular weight excluding hydrogens is 368 g/mol. The molecule has 2 bridgehead atoms. The van der Waals surface area contributed by atoms with Gasteiger partial charge in [0.2, 0.25) is 10.0 Å². The first kappa shape index (κ1) is 16.7. The van der Waals surface area contributed by atoms with Gasteiger partial charge in [-0.2, -0.15) is 0 Å². The van der Waals surface area contributed by atoms with Crippen LogP contribution < -0.4 is 0 Å². The minimum atomic E-state index is -3.79. The molecule has 5 rings (SSSR count). The van der Waals surface area contributed by atoms with Crippen molar-refractivity contribution >= 4 is 27.7 Å². The van der Waals surface area contributed by atoms with E-state index in [2.05, 4.69) is 6.58 Å². The van der Waals surface area contributed by atoms with Crippen molar-refractivity contribution in [3.63, 3.8) is 0 Å². The molecule has 0 N–H and O–H groups in total. The van der Waals surface area contributed by atoms with Crippen LogP contribution in [0.3, 0.4) is 0 Å². The number of hydrogen-bond donors (Lipinski definition) is 0. The van der Waals surface area contributed by atoms with Crippen LogP contribution in [0, 0.1) is 11.3 Å². The van der Waals surface area contributed by atoms with Gasteiger partial charge in [-0.25, -0.2) is 17.6 Å². The molecule has 3 atom stereocenters. The number of carbonyl (C=O) groups is 3. The van der Waals surface area contributed by atoms with Crippen molar-refractivity contribution in [1.82, 2.24) is 9.21 Å². The van der Waals surface area contributed by atoms with Gasteiger partial charge in [0.1, 0.15) is 5.70 Å². The molecule has 3 amide bonds. The van der Waals surface area contributed by atoms with E-state index >= 15 is 0 Å². The van der Waals surface area contributed by atoms with Crippen LogP contribution in [0.4, 0.5) is 0 Å². The summed E-state index contributed by atoms with van der Waals surface area (Å²) in [7, 11) is -3.79. The van der Waals surface area contributed by atoms with Crippen molar-refractivity contribution in [2.75, 3.05) is 5.75 Å². The molecule has 3 unspecified atom stereocenters. The van der Waals surface area contributed by atoms with Crippen LogP contribution in [0.5, 0.6) is 0 Å². The second-order valence-electron chi connectivity index (χ2n) is 8.02. The summed E-state index contributed by atoms with van der Waals surface area (Å²) in [6.07, 6.45) is 3.26. The van der Waals surface area contributed by atoms with Crippen molar-refractivity contribution < 1.29 is 22.8 Å². The molecule has 2 aliphatic heterocycles. The summed E-state index contributed by atoms with van der Waals surface area (Å²) >= 11 is 0. The zero-order chi connectivity index (χ0) is 19.1. The van der Waals surface area contributed by atoms with E-state index in [0.29, 0.717) is 17.2 Å². The lowest BCUT2D eigenvalue weighted by atomic mass is 9.82. The van der Waals surface area contributed by atoms with Crippen LogP contribution in [0.25, 0.3) is 0 Å². The predicted octanol–water partition coefficient (Wildman–Crippen LogP) is 1.53. The first-order valence-corrected chi connectivity index (χ1v) is 10.6. The zero-order valence-corrected chi connectivity index (χ0v) is 15.4. The van der Waals surface area contributed by atoms with Gasteiger partial charge in [-0.15, -0.1) is 0 Å². The average Bonchev–Trinajstić information content (AvgIpc) is 3.29. The fraction of sp³-hybridized carbons (Fsp3) is 0.421. The fourth-order valence-corrected chi connectivity index (χ4v) is 7.84. The monoisotopic (exact) mass is 386 g/mol. The van der Waals surface area contributed by atoms with Crippen molar-refractivity contribution in [2.45, 2.75) is 31.7 Å². The number of benzene rings is 1. The largest absolute Gasteiger partial charge is 0.284 e. The molecule has 1 aromatic rings. The van der Waals surface area contributed by atoms with Gasteiger partial charge in [-0.3, -0.25) is 14.4 Å². The van der Waals surface area contributed by atoms with Gasteiger partial charge >= 0.3 is 0 Å². The van der Waals surface area contributed by atoms with Gasteiger partial charge in [0.25, 0.3) is 17.7 Å². The van der Waals surface area contributed by atoms with E-state index in [1.54, 1.807) is 12.1 Å². The molecule has 1 spiro atoms. The molecule has 2 saturated carbocycles. The third-order valence-electron chi connectivity index (χ3n) is 6.57. The number of carbonyl (C=O) groups excluding carboxylic acids is 3. The molecule has 2 heterocycles. The van der Waals surface area contributed by atoms with Crippen LogP contribution in [0.2, 0.25) is 0 Å². The molecule has 140 valence electrons. The number of rotatable bonds is 2. The van der Waals surface area contributed by atoms with Crippen LogP contribution in [0.15, 0.2) is 36.5 Å². The van der Waals surface area contributed by atoms with E-state index in [1.807, 2.05) is 0 Å². The Kier molecular flexibility index (Phi) is 3.13. The van der Waals surface area contributed by atoms with E-state index < -0.39 is 33.4 Å². The maximum atomic E-state index is 13.1. The summed E-state index contributed by atoms with van der Waals surface area (Å²) in [4.78, 5) is 39.0. The third-order valence-corrected chi connectivity index (χ3v) is 8.53. The predicted molar refractivity (Wildman–Crippen MR) is 94.9 cm³/mol. The van der Waals surface area contributed by atoms with E-state index in [0.717, 1.165) is 23.6 Å². The highest BCUT2D eigenvalue weighted by molar-refractivity contribution is 7.90. The Morgan fingerprint density at radius 1 is 1.15 bits per heavy atom. The molecule has 27 heavy (non-hydrogen) atoms. The van der Waals surface area contributed by atoms with Crippen LogP contribution in [-0.4, -0.2) is 47.1 Å². The van der Waals surface area contributed by atoms with E-state index in [1.165, 1.54) is 12.1 Å². The number of fused-ring (bicyclic) bond motifs is 2. The van der Waals surface area contributed by atoms with Gasteiger partial charge < -0.3 is 0 Å². The SMILES string of the molecule is C=C(C(=O)N1C2CC3CCC2(C3)CS1(=O)=O)N1C(=O)c2ccccc2C1=O. The number of hydrogen-bond acceptors (Lipinski definition) is 5.